The third-order valence-electron chi connectivity index (χ3n) is 10.3. The second-order valence-electron chi connectivity index (χ2n) is 13.9. The highest BCUT2D eigenvalue weighted by atomic mass is 32.2. The Hall–Kier alpha value is -3.84. The maximum Gasteiger partial charge on any atom is 0.258 e. The summed E-state index contributed by atoms with van der Waals surface area (Å²) in [7, 11) is -3.68. The fourth-order valence-electron chi connectivity index (χ4n) is 6.87. The van der Waals surface area contributed by atoms with E-state index in [0.717, 1.165) is 31.5 Å². The minimum absolute atomic E-state index is 0.113. The molecule has 2 aliphatic heterocycles. The van der Waals surface area contributed by atoms with Gasteiger partial charge in [0.05, 0.1) is 34.9 Å². The number of halogens is 2. The SMILES string of the molecule is Cc1cc(NC(=O)c2ccc(NS(=O)(=O)C3CC(OCc4ccccc4)C3)cc2N2CCC3(CC2)CC3)nc(N2CCC(F)(F)CC2)n1. The number of aromatic nitrogens is 2. The van der Waals surface area contributed by atoms with Crippen molar-refractivity contribution in [2.45, 2.75) is 82.2 Å². The predicted octanol–water partition coefficient (Wildman–Crippen LogP) is 6.14. The van der Waals surface area contributed by atoms with E-state index in [1.54, 1.807) is 36.1 Å². The van der Waals surface area contributed by atoms with Crippen LogP contribution in [0.2, 0.25) is 0 Å². The zero-order chi connectivity index (χ0) is 33.5. The topological polar surface area (TPSA) is 117 Å². The van der Waals surface area contributed by atoms with Crippen molar-refractivity contribution in [2.75, 3.05) is 46.0 Å². The Morgan fingerprint density at radius 1 is 0.917 bits per heavy atom. The molecule has 2 aromatic carbocycles. The lowest BCUT2D eigenvalue weighted by Crippen LogP contribution is -2.43. The molecule has 4 aliphatic rings. The van der Waals surface area contributed by atoms with Gasteiger partial charge in [0.25, 0.3) is 11.8 Å². The number of ether oxygens (including phenoxy) is 1. The summed E-state index contributed by atoms with van der Waals surface area (Å²) in [5, 5.41) is 2.33. The standard InChI is InChI=1S/C35H42F2N6O4S/c1-24-19-31(40-33(38-24)43-17-13-35(36,37)14-18-43)39-32(44)29-8-7-26(20-30(29)42-15-11-34(9-10-34)12-16-42)41-48(45,46)28-21-27(22-28)47-23-25-5-3-2-4-6-25/h2-8,19-20,27-28,41H,9-18,21-23H2,1H3,(H,38,39,40,44). The Balaban J connectivity index is 1.05. The smallest absolute Gasteiger partial charge is 0.258 e. The molecule has 0 radical (unpaired) electrons. The van der Waals surface area contributed by atoms with Gasteiger partial charge in [-0.2, -0.15) is 4.98 Å². The number of nitrogens with zero attached hydrogens (tertiary/aromatic N) is 4. The lowest BCUT2D eigenvalue weighted by Gasteiger charge is -2.36. The first-order valence-electron chi connectivity index (χ1n) is 16.8. The monoisotopic (exact) mass is 680 g/mol. The van der Waals surface area contributed by atoms with Crippen molar-refractivity contribution in [1.29, 1.82) is 0 Å². The number of piperidine rings is 2. The fourth-order valence-corrected chi connectivity index (χ4v) is 8.42. The van der Waals surface area contributed by atoms with Crippen LogP contribution in [0.15, 0.2) is 54.6 Å². The molecule has 2 aliphatic carbocycles. The highest BCUT2D eigenvalue weighted by molar-refractivity contribution is 7.93. The van der Waals surface area contributed by atoms with Crippen LogP contribution in [0, 0.1) is 12.3 Å². The molecule has 0 bridgehead atoms. The number of amides is 1. The first-order valence-corrected chi connectivity index (χ1v) is 18.4. The Kier molecular flexibility index (Phi) is 8.78. The van der Waals surface area contributed by atoms with Gasteiger partial charge in [-0.3, -0.25) is 9.52 Å². The van der Waals surface area contributed by atoms with Crippen LogP contribution in [0.1, 0.15) is 73.0 Å². The van der Waals surface area contributed by atoms with E-state index in [0.29, 0.717) is 53.4 Å². The van der Waals surface area contributed by atoms with E-state index in [-0.39, 0.29) is 37.9 Å². The summed E-state index contributed by atoms with van der Waals surface area (Å²) >= 11 is 0. The molecule has 0 atom stereocenters. The molecule has 3 heterocycles. The van der Waals surface area contributed by atoms with E-state index in [1.165, 1.54) is 12.8 Å². The Morgan fingerprint density at radius 3 is 2.29 bits per heavy atom. The van der Waals surface area contributed by atoms with Crippen LogP contribution in [-0.4, -0.2) is 67.7 Å². The van der Waals surface area contributed by atoms with E-state index in [2.05, 4.69) is 24.9 Å². The number of aryl methyl sites for hydroxylation is 1. The van der Waals surface area contributed by atoms with Gasteiger partial charge in [0.1, 0.15) is 5.82 Å². The maximum absolute atomic E-state index is 13.8. The van der Waals surface area contributed by atoms with Crippen LogP contribution >= 0.6 is 0 Å². The summed E-state index contributed by atoms with van der Waals surface area (Å²) in [6, 6.07) is 16.5. The van der Waals surface area contributed by atoms with Gasteiger partial charge in [-0.15, -0.1) is 0 Å². The van der Waals surface area contributed by atoms with Gasteiger partial charge in [-0.05, 0) is 74.6 Å². The molecule has 0 unspecified atom stereocenters. The zero-order valence-electron chi connectivity index (χ0n) is 27.1. The molecule has 1 amide bonds. The van der Waals surface area contributed by atoms with Gasteiger partial charge in [0.15, 0.2) is 0 Å². The van der Waals surface area contributed by atoms with Gasteiger partial charge >= 0.3 is 0 Å². The maximum atomic E-state index is 13.8. The molecule has 7 rings (SSSR count). The number of anilines is 4. The van der Waals surface area contributed by atoms with Gasteiger partial charge in [-0.25, -0.2) is 22.2 Å². The molecule has 256 valence electrons. The van der Waals surface area contributed by atoms with Gasteiger partial charge < -0.3 is 19.9 Å². The number of carbonyl (C=O) groups is 1. The number of alkyl halides is 2. The number of rotatable bonds is 10. The second-order valence-corrected chi connectivity index (χ2v) is 15.8. The van der Waals surface area contributed by atoms with Crippen LogP contribution in [0.4, 0.5) is 31.9 Å². The van der Waals surface area contributed by atoms with Crippen LogP contribution in [0.5, 0.6) is 0 Å². The van der Waals surface area contributed by atoms with Gasteiger partial charge in [0.2, 0.25) is 16.0 Å². The number of hydrogen-bond acceptors (Lipinski definition) is 8. The molecule has 48 heavy (non-hydrogen) atoms. The summed E-state index contributed by atoms with van der Waals surface area (Å²) in [5.74, 6) is -2.50. The summed E-state index contributed by atoms with van der Waals surface area (Å²) in [5.41, 5.74) is 3.53. The first-order chi connectivity index (χ1) is 23.0. The molecular weight excluding hydrogens is 638 g/mol. The van der Waals surface area contributed by atoms with Crippen molar-refractivity contribution >= 4 is 39.1 Å². The molecule has 1 spiro atoms. The third kappa shape index (κ3) is 7.41. The number of hydrogen-bond donors (Lipinski definition) is 2. The largest absolute Gasteiger partial charge is 0.373 e. The second kappa shape index (κ2) is 12.9. The fraction of sp³-hybridized carbons (Fsp3) is 0.514. The zero-order valence-corrected chi connectivity index (χ0v) is 27.9. The minimum atomic E-state index is -3.68. The van der Waals surface area contributed by atoms with E-state index >= 15 is 0 Å². The highest BCUT2D eigenvalue weighted by Gasteiger charge is 2.45. The normalized spacial score (nSPS) is 23.0. The van der Waals surface area contributed by atoms with Crippen molar-refractivity contribution in [3.63, 3.8) is 0 Å². The average Bonchev–Trinajstić information content (AvgIpc) is 3.79. The molecule has 13 heteroatoms. The summed E-state index contributed by atoms with van der Waals surface area (Å²) in [6.45, 7) is 4.02. The van der Waals surface area contributed by atoms with Gasteiger partial charge in [0, 0.05) is 50.8 Å². The van der Waals surface area contributed by atoms with Crippen molar-refractivity contribution in [3.05, 3.63) is 71.4 Å². The Labute approximate surface area is 280 Å². The number of benzene rings is 2. The first kappa shape index (κ1) is 32.7. The number of sulfonamides is 1. The number of nitrogens with one attached hydrogen (secondary N) is 2. The summed E-state index contributed by atoms with van der Waals surface area (Å²) in [4.78, 5) is 26.6. The molecule has 10 nitrogen and oxygen atoms in total. The quantitative estimate of drug-likeness (QED) is 0.262. The van der Waals surface area contributed by atoms with E-state index < -0.39 is 27.1 Å². The number of carbonyl (C=O) groups excluding carboxylic acids is 1. The lowest BCUT2D eigenvalue weighted by molar-refractivity contribution is -0.0222. The Morgan fingerprint density at radius 2 is 1.60 bits per heavy atom. The Bertz CT molecular complexity index is 1750. The van der Waals surface area contributed by atoms with Crippen molar-refractivity contribution in [3.8, 4) is 0 Å². The van der Waals surface area contributed by atoms with Gasteiger partial charge in [-0.1, -0.05) is 30.3 Å². The van der Waals surface area contributed by atoms with Crippen molar-refractivity contribution in [1.82, 2.24) is 9.97 Å². The van der Waals surface area contributed by atoms with Crippen LogP contribution in [0.25, 0.3) is 0 Å². The van der Waals surface area contributed by atoms with E-state index in [9.17, 15) is 22.0 Å². The van der Waals surface area contributed by atoms with E-state index in [4.69, 9.17) is 4.74 Å². The molecule has 1 aromatic heterocycles. The van der Waals surface area contributed by atoms with Crippen LogP contribution in [-0.2, 0) is 21.4 Å². The van der Waals surface area contributed by atoms with Crippen molar-refractivity contribution < 1.29 is 26.7 Å². The predicted molar refractivity (Wildman–Crippen MR) is 181 cm³/mol. The van der Waals surface area contributed by atoms with Crippen molar-refractivity contribution in [2.24, 2.45) is 5.41 Å². The van der Waals surface area contributed by atoms with Crippen LogP contribution < -0.4 is 19.8 Å². The molecular formula is C35H42F2N6O4S. The molecule has 2 saturated carbocycles. The third-order valence-corrected chi connectivity index (χ3v) is 12.1. The lowest BCUT2D eigenvalue weighted by atomic mass is 9.93. The minimum Gasteiger partial charge on any atom is -0.373 e. The molecule has 4 fully saturated rings. The van der Waals surface area contributed by atoms with Crippen LogP contribution in [0.3, 0.4) is 0 Å². The molecule has 2 N–H and O–H groups in total. The summed E-state index contributed by atoms with van der Waals surface area (Å²) in [6.07, 6.45) is 4.70. The highest BCUT2D eigenvalue weighted by Crippen LogP contribution is 2.54. The average molecular weight is 681 g/mol. The van der Waals surface area contributed by atoms with E-state index in [1.807, 2.05) is 30.3 Å². The molecule has 2 saturated heterocycles. The summed E-state index contributed by atoms with van der Waals surface area (Å²) < 4.78 is 62.9. The molecule has 3 aromatic rings.